The van der Waals surface area contributed by atoms with Crippen molar-refractivity contribution in [3.8, 4) is 0 Å². The zero-order chi connectivity index (χ0) is 13.7. The average Bonchev–Trinajstić information content (AvgIpc) is 2.40. The van der Waals surface area contributed by atoms with Gasteiger partial charge in [-0.05, 0) is 19.1 Å². The molecule has 7 nitrogen and oxygen atoms in total. The van der Waals surface area contributed by atoms with Gasteiger partial charge in [0.15, 0.2) is 0 Å². The molecule has 0 aliphatic carbocycles. The zero-order valence-electron chi connectivity index (χ0n) is 10.3. The first kappa shape index (κ1) is 12.7. The molecule has 0 aliphatic heterocycles. The van der Waals surface area contributed by atoms with Crippen LogP contribution < -0.4 is 10.6 Å². The van der Waals surface area contributed by atoms with Crippen molar-refractivity contribution in [2.24, 2.45) is 0 Å². The fourth-order valence-corrected chi connectivity index (χ4v) is 1.50. The molecule has 2 aromatic rings. The molecule has 7 heteroatoms. The van der Waals surface area contributed by atoms with E-state index in [-0.39, 0.29) is 11.5 Å². The Balaban J connectivity index is 2.35. The molecule has 1 aromatic carbocycles. The number of benzene rings is 1. The molecule has 0 radical (unpaired) electrons. The molecule has 0 amide bonds. The van der Waals surface area contributed by atoms with E-state index in [9.17, 15) is 10.1 Å². The van der Waals surface area contributed by atoms with Gasteiger partial charge in [0, 0.05) is 12.2 Å². The second kappa shape index (κ2) is 5.76. The molecule has 0 atom stereocenters. The molecular formula is C12H13N5O2. The fraction of sp³-hybridized carbons (Fsp3) is 0.167. The SMILES string of the molecule is CCNc1ncc([N+](=O)[O-])c(Nc2ccccc2)n1. The van der Waals surface area contributed by atoms with Gasteiger partial charge in [-0.25, -0.2) is 4.98 Å². The van der Waals surface area contributed by atoms with Gasteiger partial charge in [0.1, 0.15) is 6.20 Å². The summed E-state index contributed by atoms with van der Waals surface area (Å²) in [6, 6.07) is 9.14. The Labute approximate surface area is 109 Å². The zero-order valence-corrected chi connectivity index (χ0v) is 10.3. The van der Waals surface area contributed by atoms with Crippen LogP contribution in [0.2, 0.25) is 0 Å². The smallest absolute Gasteiger partial charge is 0.329 e. The molecule has 0 saturated carbocycles. The third-order valence-electron chi connectivity index (χ3n) is 2.34. The van der Waals surface area contributed by atoms with Gasteiger partial charge in [-0.1, -0.05) is 18.2 Å². The summed E-state index contributed by atoms with van der Waals surface area (Å²) in [7, 11) is 0. The summed E-state index contributed by atoms with van der Waals surface area (Å²) in [6.07, 6.45) is 1.19. The molecule has 0 spiro atoms. The lowest BCUT2D eigenvalue weighted by molar-refractivity contribution is -0.384. The number of rotatable bonds is 5. The molecule has 0 bridgehead atoms. The minimum absolute atomic E-state index is 0.162. The van der Waals surface area contributed by atoms with Crippen LogP contribution in [0.4, 0.5) is 23.1 Å². The van der Waals surface area contributed by atoms with Gasteiger partial charge in [0.2, 0.25) is 11.8 Å². The Kier molecular flexibility index (Phi) is 3.87. The van der Waals surface area contributed by atoms with E-state index >= 15 is 0 Å². The first-order chi connectivity index (χ1) is 9.20. The van der Waals surface area contributed by atoms with Gasteiger partial charge >= 0.3 is 5.69 Å². The Bertz CT molecular complexity index is 574. The van der Waals surface area contributed by atoms with Crippen molar-refractivity contribution in [2.45, 2.75) is 6.92 Å². The number of hydrogen-bond donors (Lipinski definition) is 2. The summed E-state index contributed by atoms with van der Waals surface area (Å²) in [5.74, 6) is 0.522. The van der Waals surface area contributed by atoms with E-state index in [1.165, 1.54) is 6.20 Å². The van der Waals surface area contributed by atoms with Crippen LogP contribution in [0, 0.1) is 10.1 Å². The molecule has 0 fully saturated rings. The van der Waals surface area contributed by atoms with Gasteiger partial charge < -0.3 is 10.6 Å². The van der Waals surface area contributed by atoms with Crippen molar-refractivity contribution in [3.05, 3.63) is 46.6 Å². The number of aromatic nitrogens is 2. The number of para-hydroxylation sites is 1. The van der Waals surface area contributed by atoms with Crippen LogP contribution >= 0.6 is 0 Å². The summed E-state index contributed by atoms with van der Waals surface area (Å²) in [4.78, 5) is 18.4. The van der Waals surface area contributed by atoms with Gasteiger partial charge in [0.25, 0.3) is 0 Å². The molecule has 2 N–H and O–H groups in total. The van der Waals surface area contributed by atoms with E-state index in [0.29, 0.717) is 12.5 Å². The molecule has 19 heavy (non-hydrogen) atoms. The van der Waals surface area contributed by atoms with Crippen LogP contribution in [0.15, 0.2) is 36.5 Å². The summed E-state index contributed by atoms with van der Waals surface area (Å²) in [5.41, 5.74) is 0.567. The third kappa shape index (κ3) is 3.15. The second-order valence-electron chi connectivity index (χ2n) is 3.71. The normalized spacial score (nSPS) is 9.95. The first-order valence-corrected chi connectivity index (χ1v) is 5.78. The Morgan fingerprint density at radius 1 is 1.32 bits per heavy atom. The fourth-order valence-electron chi connectivity index (χ4n) is 1.50. The summed E-state index contributed by atoms with van der Waals surface area (Å²) in [5, 5.41) is 16.8. The molecule has 98 valence electrons. The Morgan fingerprint density at radius 3 is 2.68 bits per heavy atom. The summed E-state index contributed by atoms with van der Waals surface area (Å²) in [6.45, 7) is 2.54. The number of nitro groups is 1. The monoisotopic (exact) mass is 259 g/mol. The lowest BCUT2D eigenvalue weighted by Gasteiger charge is -2.07. The van der Waals surface area contributed by atoms with Crippen LogP contribution in [0.5, 0.6) is 0 Å². The maximum Gasteiger partial charge on any atom is 0.329 e. The van der Waals surface area contributed by atoms with E-state index in [4.69, 9.17) is 0 Å². The number of nitrogens with one attached hydrogen (secondary N) is 2. The predicted octanol–water partition coefficient (Wildman–Crippen LogP) is 2.56. The minimum Gasteiger partial charge on any atom is -0.354 e. The van der Waals surface area contributed by atoms with E-state index in [1.807, 2.05) is 25.1 Å². The van der Waals surface area contributed by atoms with Crippen molar-refractivity contribution in [2.75, 3.05) is 17.2 Å². The van der Waals surface area contributed by atoms with Gasteiger partial charge in [-0.2, -0.15) is 4.98 Å². The third-order valence-corrected chi connectivity index (χ3v) is 2.34. The van der Waals surface area contributed by atoms with Gasteiger partial charge in [0.05, 0.1) is 4.92 Å². The van der Waals surface area contributed by atoms with Crippen LogP contribution in [0.3, 0.4) is 0 Å². The van der Waals surface area contributed by atoms with Crippen LogP contribution in [0.25, 0.3) is 0 Å². The predicted molar refractivity (Wildman–Crippen MR) is 72.6 cm³/mol. The number of nitrogens with zero attached hydrogens (tertiary/aromatic N) is 3. The summed E-state index contributed by atoms with van der Waals surface area (Å²) >= 11 is 0. The molecule has 0 unspecified atom stereocenters. The van der Waals surface area contributed by atoms with Crippen molar-refractivity contribution in [1.29, 1.82) is 0 Å². The van der Waals surface area contributed by atoms with Crippen LogP contribution in [-0.2, 0) is 0 Å². The van der Waals surface area contributed by atoms with E-state index < -0.39 is 4.92 Å². The second-order valence-corrected chi connectivity index (χ2v) is 3.71. The summed E-state index contributed by atoms with van der Waals surface area (Å²) < 4.78 is 0. The molecular weight excluding hydrogens is 246 g/mol. The van der Waals surface area contributed by atoms with Crippen LogP contribution in [0.1, 0.15) is 6.92 Å². The quantitative estimate of drug-likeness (QED) is 0.633. The molecule has 0 saturated heterocycles. The van der Waals surface area contributed by atoms with Gasteiger partial charge in [-0.3, -0.25) is 10.1 Å². The highest BCUT2D eigenvalue weighted by molar-refractivity contribution is 5.65. The lowest BCUT2D eigenvalue weighted by atomic mass is 10.3. The molecule has 2 rings (SSSR count). The molecule has 1 heterocycles. The van der Waals surface area contributed by atoms with Crippen molar-refractivity contribution in [1.82, 2.24) is 9.97 Å². The maximum atomic E-state index is 10.9. The largest absolute Gasteiger partial charge is 0.354 e. The maximum absolute atomic E-state index is 10.9. The average molecular weight is 259 g/mol. The minimum atomic E-state index is -0.513. The Hall–Kier alpha value is -2.70. The van der Waals surface area contributed by atoms with E-state index in [1.54, 1.807) is 12.1 Å². The van der Waals surface area contributed by atoms with E-state index in [2.05, 4.69) is 20.6 Å². The highest BCUT2D eigenvalue weighted by Gasteiger charge is 2.17. The highest BCUT2D eigenvalue weighted by Crippen LogP contribution is 2.25. The molecule has 1 aromatic heterocycles. The van der Waals surface area contributed by atoms with Gasteiger partial charge in [-0.15, -0.1) is 0 Å². The van der Waals surface area contributed by atoms with Crippen molar-refractivity contribution in [3.63, 3.8) is 0 Å². The molecule has 0 aliphatic rings. The number of anilines is 3. The standard InChI is InChI=1S/C12H13N5O2/c1-2-13-12-14-8-10(17(18)19)11(16-12)15-9-6-4-3-5-7-9/h3-8H,2H2,1H3,(H2,13,14,15,16). The van der Waals surface area contributed by atoms with E-state index in [0.717, 1.165) is 5.69 Å². The lowest BCUT2D eigenvalue weighted by Crippen LogP contribution is -2.06. The van der Waals surface area contributed by atoms with Crippen molar-refractivity contribution < 1.29 is 4.92 Å². The topological polar surface area (TPSA) is 93.0 Å². The highest BCUT2D eigenvalue weighted by atomic mass is 16.6. The van der Waals surface area contributed by atoms with Crippen molar-refractivity contribution >= 4 is 23.1 Å². The first-order valence-electron chi connectivity index (χ1n) is 5.78. The van der Waals surface area contributed by atoms with Crippen LogP contribution in [-0.4, -0.2) is 21.4 Å². The number of hydrogen-bond acceptors (Lipinski definition) is 6. The Morgan fingerprint density at radius 2 is 2.05 bits per heavy atom.